The molecular weight excluding hydrogens is 528 g/mol. The second kappa shape index (κ2) is 12.2. The smallest absolute Gasteiger partial charge is 0.312 e. The van der Waals surface area contributed by atoms with E-state index < -0.39 is 41.6 Å². The predicted octanol–water partition coefficient (Wildman–Crippen LogP) is 3.22. The second-order valence-corrected chi connectivity index (χ2v) is 11.3. The molecule has 3 aliphatic rings. The predicted molar refractivity (Wildman–Crippen MR) is 140 cm³/mol. The number of rotatable bonds is 14. The van der Waals surface area contributed by atoms with Crippen molar-refractivity contribution in [2.75, 3.05) is 19.8 Å². The second-order valence-electron chi connectivity index (χ2n) is 10.2. The standard InChI is InChI=1S/C27H41BrN2O6/c1-6-10-11-14-35-26(34)20-21-24(32)30(18(9-4)16-31)23(27(21)15-19(28)22(20)36-27)25(33)29(13-8-3)17(5)12-7-2/h6,8,17-23,31H,1,3,7,9-16H2,2,4-5H3/t17?,18-,19?,20+,21-,22+,23?,27?/m0/s1. The number of aliphatic hydroxyl groups is 1. The summed E-state index contributed by atoms with van der Waals surface area (Å²) in [6.07, 6.45) is 6.87. The summed E-state index contributed by atoms with van der Waals surface area (Å²) < 4.78 is 12.1. The van der Waals surface area contributed by atoms with Crippen LogP contribution in [0, 0.1) is 11.8 Å². The van der Waals surface area contributed by atoms with E-state index >= 15 is 0 Å². The van der Waals surface area contributed by atoms with Gasteiger partial charge in [0.05, 0.1) is 37.2 Å². The molecule has 0 aromatic heterocycles. The molecule has 9 heteroatoms. The number of ether oxygens (including phenoxy) is 2. The topological polar surface area (TPSA) is 96.4 Å². The van der Waals surface area contributed by atoms with Gasteiger partial charge < -0.3 is 24.4 Å². The summed E-state index contributed by atoms with van der Waals surface area (Å²) in [5.41, 5.74) is -1.16. The normalized spacial score (nSPS) is 32.2. The van der Waals surface area contributed by atoms with Crippen LogP contribution in [0.1, 0.15) is 59.3 Å². The van der Waals surface area contributed by atoms with E-state index in [0.717, 1.165) is 19.3 Å². The summed E-state index contributed by atoms with van der Waals surface area (Å²) in [5.74, 6) is -2.65. The minimum absolute atomic E-state index is 0.0638. The number of esters is 1. The number of hydrogen-bond donors (Lipinski definition) is 1. The third-order valence-electron chi connectivity index (χ3n) is 7.95. The highest BCUT2D eigenvalue weighted by molar-refractivity contribution is 9.09. The van der Waals surface area contributed by atoms with Crippen LogP contribution in [0.3, 0.4) is 0 Å². The zero-order chi connectivity index (χ0) is 26.6. The Morgan fingerprint density at radius 3 is 2.67 bits per heavy atom. The third kappa shape index (κ3) is 4.90. The van der Waals surface area contributed by atoms with E-state index in [4.69, 9.17) is 9.47 Å². The number of hydrogen-bond acceptors (Lipinski definition) is 6. The van der Waals surface area contributed by atoms with Gasteiger partial charge in [-0.25, -0.2) is 0 Å². The quantitative estimate of drug-likeness (QED) is 0.149. The maximum absolute atomic E-state index is 14.3. The molecule has 4 unspecified atom stereocenters. The van der Waals surface area contributed by atoms with Gasteiger partial charge in [-0.15, -0.1) is 13.2 Å². The minimum atomic E-state index is -1.16. The molecule has 0 radical (unpaired) electrons. The molecule has 0 aliphatic carbocycles. The molecule has 2 bridgehead atoms. The Labute approximate surface area is 223 Å². The lowest BCUT2D eigenvalue weighted by Crippen LogP contribution is -2.60. The summed E-state index contributed by atoms with van der Waals surface area (Å²) in [6.45, 7) is 13.7. The molecule has 36 heavy (non-hydrogen) atoms. The third-order valence-corrected chi connectivity index (χ3v) is 8.80. The highest BCUT2D eigenvalue weighted by atomic mass is 79.9. The largest absolute Gasteiger partial charge is 0.465 e. The Morgan fingerprint density at radius 1 is 1.36 bits per heavy atom. The first-order chi connectivity index (χ1) is 17.2. The number of likely N-dealkylation sites (tertiary alicyclic amines) is 1. The van der Waals surface area contributed by atoms with E-state index in [1.807, 2.05) is 13.8 Å². The number of alkyl halides is 1. The number of allylic oxidation sites excluding steroid dienone is 1. The molecule has 8 atom stereocenters. The van der Waals surface area contributed by atoms with Crippen LogP contribution in [0.5, 0.6) is 0 Å². The molecule has 3 fully saturated rings. The molecule has 1 N–H and O–H groups in total. The van der Waals surface area contributed by atoms with Gasteiger partial charge in [0.2, 0.25) is 11.8 Å². The zero-order valence-corrected chi connectivity index (χ0v) is 23.3. The van der Waals surface area contributed by atoms with Gasteiger partial charge >= 0.3 is 5.97 Å². The fourth-order valence-corrected chi connectivity index (χ4v) is 7.22. The first-order valence-corrected chi connectivity index (χ1v) is 14.1. The lowest BCUT2D eigenvalue weighted by atomic mass is 9.70. The average Bonchev–Trinajstić information content (AvgIpc) is 3.44. The molecule has 0 saturated carbocycles. The molecule has 1 spiro atoms. The number of fused-ring (bicyclic) bond motifs is 1. The van der Waals surface area contributed by atoms with Crippen LogP contribution in [0.4, 0.5) is 0 Å². The van der Waals surface area contributed by atoms with Crippen molar-refractivity contribution >= 4 is 33.7 Å². The highest BCUT2D eigenvalue weighted by Crippen LogP contribution is 2.60. The van der Waals surface area contributed by atoms with Crippen molar-refractivity contribution in [2.45, 2.75) is 94.0 Å². The van der Waals surface area contributed by atoms with Gasteiger partial charge in [-0.05, 0) is 39.0 Å². The van der Waals surface area contributed by atoms with Crippen LogP contribution in [0.2, 0.25) is 0 Å². The van der Waals surface area contributed by atoms with Gasteiger partial charge in [-0.2, -0.15) is 0 Å². The fourth-order valence-electron chi connectivity index (χ4n) is 6.28. The Hall–Kier alpha value is -1.71. The summed E-state index contributed by atoms with van der Waals surface area (Å²) in [7, 11) is 0. The lowest BCUT2D eigenvalue weighted by molar-refractivity contribution is -0.157. The number of carbonyl (C=O) groups is 3. The highest BCUT2D eigenvalue weighted by Gasteiger charge is 2.77. The monoisotopic (exact) mass is 568 g/mol. The van der Waals surface area contributed by atoms with Crippen molar-refractivity contribution in [3.8, 4) is 0 Å². The number of unbranched alkanes of at least 4 members (excludes halogenated alkanes) is 1. The Morgan fingerprint density at radius 2 is 2.08 bits per heavy atom. The Kier molecular flexibility index (Phi) is 9.80. The lowest BCUT2D eigenvalue weighted by Gasteiger charge is -2.40. The van der Waals surface area contributed by atoms with Crippen LogP contribution < -0.4 is 0 Å². The molecule has 8 nitrogen and oxygen atoms in total. The molecule has 3 saturated heterocycles. The van der Waals surface area contributed by atoms with Gasteiger partial charge in [0.15, 0.2) is 0 Å². The van der Waals surface area contributed by atoms with E-state index in [0.29, 0.717) is 25.8 Å². The van der Waals surface area contributed by atoms with Crippen molar-refractivity contribution in [1.29, 1.82) is 0 Å². The number of amides is 2. The van der Waals surface area contributed by atoms with Gasteiger partial charge in [0, 0.05) is 17.4 Å². The summed E-state index contributed by atoms with van der Waals surface area (Å²) >= 11 is 3.67. The molecule has 202 valence electrons. The average molecular weight is 570 g/mol. The first kappa shape index (κ1) is 28.9. The summed E-state index contributed by atoms with van der Waals surface area (Å²) in [6, 6.07) is -1.56. The summed E-state index contributed by atoms with van der Waals surface area (Å²) in [4.78, 5) is 44.7. The van der Waals surface area contributed by atoms with E-state index in [-0.39, 0.29) is 35.9 Å². The molecular formula is C27H41BrN2O6. The van der Waals surface area contributed by atoms with E-state index in [9.17, 15) is 19.5 Å². The van der Waals surface area contributed by atoms with Gasteiger partial charge in [-0.3, -0.25) is 14.4 Å². The van der Waals surface area contributed by atoms with Crippen molar-refractivity contribution in [3.05, 3.63) is 25.3 Å². The van der Waals surface area contributed by atoms with Gasteiger partial charge in [0.1, 0.15) is 11.6 Å². The molecule has 2 amide bonds. The molecule has 3 heterocycles. The molecule has 3 aliphatic heterocycles. The van der Waals surface area contributed by atoms with E-state index in [2.05, 4.69) is 36.0 Å². The van der Waals surface area contributed by atoms with E-state index in [1.54, 1.807) is 17.1 Å². The number of nitrogens with zero attached hydrogens (tertiary/aromatic N) is 2. The van der Waals surface area contributed by atoms with Crippen LogP contribution in [-0.2, 0) is 23.9 Å². The molecule has 0 aromatic rings. The maximum atomic E-state index is 14.3. The zero-order valence-electron chi connectivity index (χ0n) is 21.7. The van der Waals surface area contributed by atoms with Gasteiger partial charge in [-0.1, -0.05) is 48.4 Å². The molecule has 0 aromatic carbocycles. The van der Waals surface area contributed by atoms with Crippen LogP contribution in [0.25, 0.3) is 0 Å². The van der Waals surface area contributed by atoms with Crippen molar-refractivity contribution in [3.63, 3.8) is 0 Å². The molecule has 3 rings (SSSR count). The summed E-state index contributed by atoms with van der Waals surface area (Å²) in [5, 5.41) is 10.2. The number of halogens is 1. The van der Waals surface area contributed by atoms with Crippen LogP contribution in [0.15, 0.2) is 25.3 Å². The van der Waals surface area contributed by atoms with Gasteiger partial charge in [0.25, 0.3) is 0 Å². The first-order valence-electron chi connectivity index (χ1n) is 13.2. The fraction of sp³-hybridized carbons (Fsp3) is 0.741. The van der Waals surface area contributed by atoms with Crippen molar-refractivity contribution in [2.24, 2.45) is 11.8 Å². The minimum Gasteiger partial charge on any atom is -0.465 e. The SMILES string of the molecule is C=CCCCOC(=O)[C@H]1[C@@H]2OC3(CC2Br)C(C(=O)N(CC=C)C(C)CCC)N([C@@H](CC)CO)C(=O)[C@H]13. The Balaban J connectivity index is 2.03. The number of aliphatic hydroxyl groups excluding tert-OH is 1. The Bertz CT molecular complexity index is 848. The van der Waals surface area contributed by atoms with Crippen molar-refractivity contribution < 1.29 is 29.0 Å². The van der Waals surface area contributed by atoms with Crippen LogP contribution in [-0.4, -0.2) is 87.1 Å². The maximum Gasteiger partial charge on any atom is 0.312 e. The number of carbonyl (C=O) groups excluding carboxylic acids is 3. The van der Waals surface area contributed by atoms with E-state index in [1.165, 1.54) is 4.90 Å². The van der Waals surface area contributed by atoms with Crippen LogP contribution >= 0.6 is 15.9 Å². The van der Waals surface area contributed by atoms with Crippen molar-refractivity contribution in [1.82, 2.24) is 9.80 Å².